The van der Waals surface area contributed by atoms with Crippen molar-refractivity contribution in [2.45, 2.75) is 25.4 Å². The number of para-hydroxylation sites is 2. The number of hydrogen-bond acceptors (Lipinski definition) is 5. The Labute approximate surface area is 145 Å². The minimum absolute atomic E-state index is 0.0483. The standard InChI is InChI=1S/C17H20N6O2/c24-16-9-23(15-6-2-1-5-14(15)20-16)17(25)10-21-7-3-4-13(21)8-22-12-18-11-19-22/h1-2,5-6,11-13H,3-4,7-10H2,(H,20,24)/t13-/m1/s1. The van der Waals surface area contributed by atoms with E-state index in [4.69, 9.17) is 0 Å². The lowest BCUT2D eigenvalue weighted by atomic mass is 10.2. The van der Waals surface area contributed by atoms with Crippen molar-refractivity contribution >= 4 is 23.2 Å². The van der Waals surface area contributed by atoms with Gasteiger partial charge in [0.05, 0.1) is 24.5 Å². The lowest BCUT2D eigenvalue weighted by molar-refractivity contribution is -0.122. The molecule has 1 aromatic heterocycles. The summed E-state index contributed by atoms with van der Waals surface area (Å²) in [6, 6.07) is 7.67. The van der Waals surface area contributed by atoms with E-state index in [1.165, 1.54) is 6.33 Å². The molecule has 1 saturated heterocycles. The van der Waals surface area contributed by atoms with Gasteiger partial charge >= 0.3 is 0 Å². The Bertz CT molecular complexity index is 775. The molecule has 8 nitrogen and oxygen atoms in total. The van der Waals surface area contributed by atoms with Crippen LogP contribution < -0.4 is 10.2 Å². The van der Waals surface area contributed by atoms with Gasteiger partial charge in [0, 0.05) is 6.04 Å². The van der Waals surface area contributed by atoms with Crippen LogP contribution >= 0.6 is 0 Å². The first-order chi connectivity index (χ1) is 12.2. The van der Waals surface area contributed by atoms with E-state index in [1.54, 1.807) is 15.9 Å². The van der Waals surface area contributed by atoms with Crippen molar-refractivity contribution in [2.24, 2.45) is 0 Å². The molecule has 1 aromatic carbocycles. The van der Waals surface area contributed by atoms with Crippen molar-refractivity contribution in [1.29, 1.82) is 0 Å². The van der Waals surface area contributed by atoms with E-state index < -0.39 is 0 Å². The highest BCUT2D eigenvalue weighted by Gasteiger charge is 2.31. The average Bonchev–Trinajstić information content (AvgIpc) is 3.27. The van der Waals surface area contributed by atoms with Crippen LogP contribution in [0.4, 0.5) is 11.4 Å². The molecule has 1 N–H and O–H groups in total. The van der Waals surface area contributed by atoms with Crippen LogP contribution in [0.1, 0.15) is 12.8 Å². The molecular weight excluding hydrogens is 320 g/mol. The van der Waals surface area contributed by atoms with Crippen LogP contribution in [-0.2, 0) is 16.1 Å². The molecule has 25 heavy (non-hydrogen) atoms. The molecule has 3 heterocycles. The number of hydrogen-bond donors (Lipinski definition) is 1. The molecule has 0 spiro atoms. The molecule has 2 aliphatic heterocycles. The van der Waals surface area contributed by atoms with Gasteiger partial charge in [-0.2, -0.15) is 5.10 Å². The summed E-state index contributed by atoms with van der Waals surface area (Å²) in [5.41, 5.74) is 1.45. The molecule has 1 fully saturated rings. The number of carbonyl (C=O) groups excluding carboxylic acids is 2. The van der Waals surface area contributed by atoms with Crippen LogP contribution in [0.2, 0.25) is 0 Å². The molecular formula is C17H20N6O2. The van der Waals surface area contributed by atoms with Gasteiger partial charge in [0.2, 0.25) is 11.8 Å². The van der Waals surface area contributed by atoms with Gasteiger partial charge in [-0.3, -0.25) is 24.1 Å². The van der Waals surface area contributed by atoms with Gasteiger partial charge in [-0.15, -0.1) is 0 Å². The number of benzene rings is 1. The molecule has 1 atom stereocenters. The minimum atomic E-state index is -0.160. The number of aromatic nitrogens is 3. The second-order valence-corrected chi connectivity index (χ2v) is 6.43. The van der Waals surface area contributed by atoms with Crippen molar-refractivity contribution in [3.05, 3.63) is 36.9 Å². The topological polar surface area (TPSA) is 83.4 Å². The number of likely N-dealkylation sites (tertiary alicyclic amines) is 1. The highest BCUT2D eigenvalue weighted by atomic mass is 16.2. The predicted octanol–water partition coefficient (Wildman–Crippen LogP) is 0.728. The Balaban J connectivity index is 1.47. The molecule has 130 valence electrons. The fourth-order valence-corrected chi connectivity index (χ4v) is 3.57. The van der Waals surface area contributed by atoms with Crippen LogP contribution in [0.5, 0.6) is 0 Å². The number of carbonyl (C=O) groups is 2. The summed E-state index contributed by atoms with van der Waals surface area (Å²) in [5.74, 6) is -0.208. The van der Waals surface area contributed by atoms with E-state index in [-0.39, 0.29) is 24.4 Å². The molecule has 4 rings (SSSR count). The first-order valence-corrected chi connectivity index (χ1v) is 8.46. The summed E-state index contributed by atoms with van der Waals surface area (Å²) < 4.78 is 1.80. The highest BCUT2D eigenvalue weighted by molar-refractivity contribution is 6.10. The van der Waals surface area contributed by atoms with Crippen LogP contribution in [0.25, 0.3) is 0 Å². The SMILES string of the molecule is O=C1CN(C(=O)CN2CCC[C@@H]2Cn2cncn2)c2ccccc2N1. The van der Waals surface area contributed by atoms with Gasteiger partial charge < -0.3 is 5.32 Å². The maximum atomic E-state index is 12.9. The minimum Gasteiger partial charge on any atom is -0.323 e. The van der Waals surface area contributed by atoms with Gasteiger partial charge in [0.15, 0.2) is 0 Å². The number of nitrogens with one attached hydrogen (secondary N) is 1. The number of rotatable bonds is 4. The molecule has 0 saturated carbocycles. The fraction of sp³-hybridized carbons (Fsp3) is 0.412. The smallest absolute Gasteiger partial charge is 0.244 e. The van der Waals surface area contributed by atoms with E-state index in [2.05, 4.69) is 20.3 Å². The van der Waals surface area contributed by atoms with Crippen molar-refractivity contribution in [3.8, 4) is 0 Å². The molecule has 0 aliphatic carbocycles. The summed E-state index contributed by atoms with van der Waals surface area (Å²) in [4.78, 5) is 32.5. The first-order valence-electron chi connectivity index (χ1n) is 8.46. The Kier molecular flexibility index (Phi) is 4.19. The molecule has 2 amide bonds. The second-order valence-electron chi connectivity index (χ2n) is 6.43. The van der Waals surface area contributed by atoms with E-state index in [9.17, 15) is 9.59 Å². The third-order valence-electron chi connectivity index (χ3n) is 4.77. The Morgan fingerprint density at radius 2 is 2.20 bits per heavy atom. The van der Waals surface area contributed by atoms with E-state index in [0.29, 0.717) is 12.2 Å². The van der Waals surface area contributed by atoms with E-state index >= 15 is 0 Å². The van der Waals surface area contributed by atoms with Gasteiger partial charge in [0.1, 0.15) is 19.2 Å². The number of fused-ring (bicyclic) bond motifs is 1. The third-order valence-corrected chi connectivity index (χ3v) is 4.77. The summed E-state index contributed by atoms with van der Waals surface area (Å²) in [7, 11) is 0. The van der Waals surface area contributed by atoms with E-state index in [0.717, 1.165) is 31.6 Å². The lowest BCUT2D eigenvalue weighted by Crippen LogP contribution is -2.48. The van der Waals surface area contributed by atoms with Gasteiger partial charge in [-0.25, -0.2) is 4.98 Å². The molecule has 8 heteroatoms. The third kappa shape index (κ3) is 3.25. The van der Waals surface area contributed by atoms with E-state index in [1.807, 2.05) is 24.3 Å². The maximum Gasteiger partial charge on any atom is 0.244 e. The van der Waals surface area contributed by atoms with Crippen molar-refractivity contribution < 1.29 is 9.59 Å². The average molecular weight is 340 g/mol. The summed E-state index contributed by atoms with van der Waals surface area (Å²) >= 11 is 0. The van der Waals surface area contributed by atoms with Crippen LogP contribution in [0.3, 0.4) is 0 Å². The number of amides is 2. The van der Waals surface area contributed by atoms with Gasteiger partial charge in [-0.1, -0.05) is 12.1 Å². The second kappa shape index (κ2) is 6.64. The largest absolute Gasteiger partial charge is 0.323 e. The monoisotopic (exact) mass is 340 g/mol. The fourth-order valence-electron chi connectivity index (χ4n) is 3.57. The predicted molar refractivity (Wildman–Crippen MR) is 92.0 cm³/mol. The van der Waals surface area contributed by atoms with Gasteiger partial charge in [-0.05, 0) is 31.5 Å². The number of nitrogens with zero attached hydrogens (tertiary/aromatic N) is 5. The summed E-state index contributed by atoms with van der Waals surface area (Å²) in [6.45, 7) is 1.98. The van der Waals surface area contributed by atoms with Crippen molar-refractivity contribution in [3.63, 3.8) is 0 Å². The molecule has 2 aliphatic rings. The molecule has 2 aromatic rings. The normalized spacial score (nSPS) is 20.4. The quantitative estimate of drug-likeness (QED) is 0.887. The Hall–Kier alpha value is -2.74. The van der Waals surface area contributed by atoms with Crippen molar-refractivity contribution in [1.82, 2.24) is 19.7 Å². The first kappa shape index (κ1) is 15.8. The van der Waals surface area contributed by atoms with Gasteiger partial charge in [0.25, 0.3) is 0 Å². The zero-order valence-electron chi connectivity index (χ0n) is 13.8. The highest BCUT2D eigenvalue weighted by Crippen LogP contribution is 2.29. The van der Waals surface area contributed by atoms with Crippen LogP contribution in [0, 0.1) is 0 Å². The molecule has 0 unspecified atom stereocenters. The maximum absolute atomic E-state index is 12.9. The van der Waals surface area contributed by atoms with Crippen LogP contribution in [0.15, 0.2) is 36.9 Å². The lowest BCUT2D eigenvalue weighted by Gasteiger charge is -2.31. The Morgan fingerprint density at radius 3 is 3.04 bits per heavy atom. The molecule has 0 radical (unpaired) electrons. The molecule has 0 bridgehead atoms. The zero-order chi connectivity index (χ0) is 17.2. The van der Waals surface area contributed by atoms with Crippen LogP contribution in [-0.4, -0.2) is 57.2 Å². The summed E-state index contributed by atoms with van der Waals surface area (Å²) in [6.07, 6.45) is 5.31. The number of anilines is 2. The Morgan fingerprint density at radius 1 is 1.32 bits per heavy atom. The van der Waals surface area contributed by atoms with Crippen molar-refractivity contribution in [2.75, 3.05) is 29.9 Å². The summed E-state index contributed by atoms with van der Waals surface area (Å²) in [5, 5.41) is 6.97. The zero-order valence-corrected chi connectivity index (χ0v) is 13.8.